The Morgan fingerprint density at radius 2 is 1.91 bits per heavy atom. The summed E-state index contributed by atoms with van der Waals surface area (Å²) in [5.41, 5.74) is 4.56. The van der Waals surface area contributed by atoms with Crippen LogP contribution >= 0.6 is 0 Å². The Labute approximate surface area is 203 Å². The number of carbonyl (C=O) groups is 1. The zero-order valence-corrected chi connectivity index (χ0v) is 19.8. The fourth-order valence-corrected chi connectivity index (χ4v) is 4.63. The van der Waals surface area contributed by atoms with Crippen molar-refractivity contribution < 1.29 is 19.0 Å². The lowest BCUT2D eigenvalue weighted by Crippen LogP contribution is -2.26. The standard InChI is InChI=1S/C28H28FN3O3/c1-18-10-11-24(12-19(18)2)35-17-23(33)16-32-26-9-4-3-8-25(26)30-28(32)20-13-27(34)31(15-20)22-7-5-6-21(29)14-22/h3-12,14,20,23,33H,13,15-17H2,1-2H3. The number of halogens is 1. The van der Waals surface area contributed by atoms with Crippen molar-refractivity contribution in [2.45, 2.75) is 38.8 Å². The molecule has 2 atom stereocenters. The highest BCUT2D eigenvalue weighted by atomic mass is 19.1. The van der Waals surface area contributed by atoms with Crippen LogP contribution in [0, 0.1) is 19.7 Å². The van der Waals surface area contributed by atoms with Gasteiger partial charge in [-0.3, -0.25) is 4.79 Å². The molecule has 35 heavy (non-hydrogen) atoms. The van der Waals surface area contributed by atoms with Gasteiger partial charge < -0.3 is 19.3 Å². The molecule has 0 spiro atoms. The summed E-state index contributed by atoms with van der Waals surface area (Å²) in [7, 11) is 0. The number of nitrogens with zero attached hydrogens (tertiary/aromatic N) is 3. The Balaban J connectivity index is 1.37. The fraction of sp³-hybridized carbons (Fsp3) is 0.286. The summed E-state index contributed by atoms with van der Waals surface area (Å²) in [5.74, 6) is 0.834. The third-order valence-electron chi connectivity index (χ3n) is 6.61. The highest BCUT2D eigenvalue weighted by molar-refractivity contribution is 5.96. The number of ether oxygens (including phenoxy) is 1. The van der Waals surface area contributed by atoms with Gasteiger partial charge in [0.05, 0.1) is 17.6 Å². The van der Waals surface area contributed by atoms with Crippen molar-refractivity contribution in [3.8, 4) is 5.75 Å². The molecule has 180 valence electrons. The second kappa shape index (κ2) is 9.50. The van der Waals surface area contributed by atoms with E-state index in [4.69, 9.17) is 9.72 Å². The number of benzene rings is 3. The summed E-state index contributed by atoms with van der Waals surface area (Å²) >= 11 is 0. The molecule has 0 saturated carbocycles. The molecule has 1 aliphatic heterocycles. The lowest BCUT2D eigenvalue weighted by atomic mass is 10.1. The van der Waals surface area contributed by atoms with Crippen LogP contribution in [0.4, 0.5) is 10.1 Å². The third-order valence-corrected chi connectivity index (χ3v) is 6.61. The number of amides is 1. The van der Waals surface area contributed by atoms with Crippen LogP contribution in [0.5, 0.6) is 5.75 Å². The summed E-state index contributed by atoms with van der Waals surface area (Å²) in [6, 6.07) is 19.7. The maximum Gasteiger partial charge on any atom is 0.227 e. The number of imidazole rings is 1. The monoisotopic (exact) mass is 473 g/mol. The normalized spacial score (nSPS) is 16.7. The van der Waals surface area contributed by atoms with Crippen molar-refractivity contribution in [3.05, 3.63) is 89.5 Å². The molecule has 4 aromatic rings. The molecule has 1 amide bonds. The van der Waals surface area contributed by atoms with Crippen LogP contribution in [0.15, 0.2) is 66.7 Å². The number of anilines is 1. The van der Waals surface area contributed by atoms with Gasteiger partial charge >= 0.3 is 0 Å². The molecule has 2 unspecified atom stereocenters. The molecular weight excluding hydrogens is 445 g/mol. The molecule has 1 N–H and O–H groups in total. The van der Waals surface area contributed by atoms with Crippen LogP contribution in [-0.2, 0) is 11.3 Å². The molecule has 2 heterocycles. The van der Waals surface area contributed by atoms with Gasteiger partial charge in [0, 0.05) is 24.6 Å². The quantitative estimate of drug-likeness (QED) is 0.421. The molecule has 6 nitrogen and oxygen atoms in total. The number of aryl methyl sites for hydroxylation is 2. The summed E-state index contributed by atoms with van der Waals surface area (Å²) < 4.78 is 21.6. The van der Waals surface area contributed by atoms with Crippen LogP contribution in [0.25, 0.3) is 11.0 Å². The molecule has 0 radical (unpaired) electrons. The highest BCUT2D eigenvalue weighted by Gasteiger charge is 2.35. The van der Waals surface area contributed by atoms with Gasteiger partial charge in [-0.25, -0.2) is 9.37 Å². The van der Waals surface area contributed by atoms with Crippen molar-refractivity contribution in [3.63, 3.8) is 0 Å². The van der Waals surface area contributed by atoms with E-state index in [1.54, 1.807) is 17.0 Å². The zero-order valence-electron chi connectivity index (χ0n) is 19.8. The Morgan fingerprint density at radius 3 is 2.71 bits per heavy atom. The predicted molar refractivity (Wildman–Crippen MR) is 133 cm³/mol. The maximum atomic E-state index is 13.8. The first-order chi connectivity index (χ1) is 16.9. The number of aliphatic hydroxyl groups is 1. The molecule has 0 aliphatic carbocycles. The van der Waals surface area contributed by atoms with Gasteiger partial charge in [-0.1, -0.05) is 24.3 Å². The van der Waals surface area contributed by atoms with Crippen LogP contribution in [0.1, 0.15) is 29.3 Å². The van der Waals surface area contributed by atoms with Gasteiger partial charge in [0.2, 0.25) is 5.91 Å². The van der Waals surface area contributed by atoms with Gasteiger partial charge in [-0.2, -0.15) is 0 Å². The van der Waals surface area contributed by atoms with E-state index < -0.39 is 6.10 Å². The Hall–Kier alpha value is -3.71. The van der Waals surface area contributed by atoms with Gasteiger partial charge in [-0.05, 0) is 67.4 Å². The van der Waals surface area contributed by atoms with E-state index in [-0.39, 0.29) is 37.2 Å². The number of rotatable bonds is 7. The highest BCUT2D eigenvalue weighted by Crippen LogP contribution is 2.33. The van der Waals surface area contributed by atoms with E-state index in [2.05, 4.69) is 0 Å². The van der Waals surface area contributed by atoms with Crippen LogP contribution < -0.4 is 9.64 Å². The molecule has 0 bridgehead atoms. The average Bonchev–Trinajstić information content (AvgIpc) is 3.40. The molecule has 3 aromatic carbocycles. The Bertz CT molecular complexity index is 1380. The second-order valence-electron chi connectivity index (χ2n) is 9.17. The first-order valence-corrected chi connectivity index (χ1v) is 11.8. The molecule has 1 aromatic heterocycles. The SMILES string of the molecule is Cc1ccc(OCC(O)Cn2c(C3CC(=O)N(c4cccc(F)c4)C3)nc3ccccc32)cc1C. The van der Waals surface area contributed by atoms with Crippen molar-refractivity contribution in [1.82, 2.24) is 9.55 Å². The van der Waals surface area contributed by atoms with Gasteiger partial charge in [0.15, 0.2) is 0 Å². The van der Waals surface area contributed by atoms with Gasteiger partial charge in [-0.15, -0.1) is 0 Å². The Morgan fingerprint density at radius 1 is 1.09 bits per heavy atom. The van der Waals surface area contributed by atoms with Gasteiger partial charge in [0.1, 0.15) is 30.1 Å². The van der Waals surface area contributed by atoms with Crippen LogP contribution in [-0.4, -0.2) is 39.8 Å². The number of hydrogen-bond donors (Lipinski definition) is 1. The summed E-state index contributed by atoms with van der Waals surface area (Å²) in [6.07, 6.45) is -0.501. The van der Waals surface area contributed by atoms with Crippen LogP contribution in [0.3, 0.4) is 0 Å². The number of para-hydroxylation sites is 2. The molecular formula is C28H28FN3O3. The van der Waals surface area contributed by atoms with E-state index in [1.165, 1.54) is 17.7 Å². The minimum absolute atomic E-state index is 0.0715. The van der Waals surface area contributed by atoms with Gasteiger partial charge in [0.25, 0.3) is 0 Å². The lowest BCUT2D eigenvalue weighted by molar-refractivity contribution is -0.117. The Kier molecular flexibility index (Phi) is 6.26. The minimum Gasteiger partial charge on any atom is -0.491 e. The van der Waals surface area contributed by atoms with Crippen molar-refractivity contribution in [1.29, 1.82) is 0 Å². The first kappa shape index (κ1) is 23.1. The summed E-state index contributed by atoms with van der Waals surface area (Å²) in [4.78, 5) is 19.3. The van der Waals surface area contributed by atoms with Crippen molar-refractivity contribution in [2.75, 3.05) is 18.1 Å². The number of fused-ring (bicyclic) bond motifs is 1. The van der Waals surface area contributed by atoms with E-state index in [9.17, 15) is 14.3 Å². The zero-order chi connectivity index (χ0) is 24.5. The maximum absolute atomic E-state index is 13.8. The number of hydrogen-bond acceptors (Lipinski definition) is 4. The van der Waals surface area contributed by atoms with E-state index in [0.717, 1.165) is 28.2 Å². The minimum atomic E-state index is -0.774. The van der Waals surface area contributed by atoms with E-state index in [1.807, 2.05) is 60.9 Å². The summed E-state index contributed by atoms with van der Waals surface area (Å²) in [6.45, 7) is 4.89. The smallest absolute Gasteiger partial charge is 0.227 e. The number of carbonyl (C=O) groups excluding carboxylic acids is 1. The fourth-order valence-electron chi connectivity index (χ4n) is 4.63. The molecule has 1 aliphatic rings. The van der Waals surface area contributed by atoms with E-state index >= 15 is 0 Å². The number of aliphatic hydroxyl groups excluding tert-OH is 1. The summed E-state index contributed by atoms with van der Waals surface area (Å²) in [5, 5.41) is 10.9. The van der Waals surface area contributed by atoms with Crippen molar-refractivity contribution >= 4 is 22.6 Å². The predicted octanol–water partition coefficient (Wildman–Crippen LogP) is 4.75. The van der Waals surface area contributed by atoms with Crippen molar-refractivity contribution in [2.24, 2.45) is 0 Å². The average molecular weight is 474 g/mol. The first-order valence-electron chi connectivity index (χ1n) is 11.8. The third kappa shape index (κ3) is 4.77. The number of aromatic nitrogens is 2. The second-order valence-corrected chi connectivity index (χ2v) is 9.17. The lowest BCUT2D eigenvalue weighted by Gasteiger charge is -2.19. The molecule has 1 fully saturated rings. The molecule has 1 saturated heterocycles. The molecule has 5 rings (SSSR count). The topological polar surface area (TPSA) is 67.6 Å². The molecule has 7 heteroatoms. The largest absolute Gasteiger partial charge is 0.491 e. The van der Waals surface area contributed by atoms with E-state index in [0.29, 0.717) is 12.2 Å². The van der Waals surface area contributed by atoms with Crippen LogP contribution in [0.2, 0.25) is 0 Å².